The lowest BCUT2D eigenvalue weighted by Crippen LogP contribution is -2.32. The number of hydrogen-bond acceptors (Lipinski definition) is 5. The maximum Gasteiger partial charge on any atom is 0.225 e. The number of aromatic nitrogens is 3. The van der Waals surface area contributed by atoms with E-state index in [1.54, 1.807) is 0 Å². The van der Waals surface area contributed by atoms with E-state index in [-0.39, 0.29) is 5.91 Å². The van der Waals surface area contributed by atoms with E-state index < -0.39 is 0 Å². The summed E-state index contributed by atoms with van der Waals surface area (Å²) in [6.07, 6.45) is 78.8. The van der Waals surface area contributed by atoms with Crippen LogP contribution in [0.1, 0.15) is 336 Å². The molecule has 1 N–H and O–H groups in total. The highest BCUT2D eigenvalue weighted by molar-refractivity contribution is 6.09. The Labute approximate surface area is 520 Å². The molecule has 0 aliphatic heterocycles. The summed E-state index contributed by atoms with van der Waals surface area (Å²) in [5.41, 5.74) is 2.74. The van der Waals surface area contributed by atoms with E-state index in [9.17, 15) is 4.79 Å². The molecule has 0 saturated carbocycles. The fourth-order valence-corrected chi connectivity index (χ4v) is 12.3. The first-order chi connectivity index (χ1) is 41.5. The molecule has 480 valence electrons. The number of nitrogens with one attached hydrogen (secondary N) is 1. The average Bonchev–Trinajstić information content (AvgIpc) is 2.91. The van der Waals surface area contributed by atoms with Crippen LogP contribution in [-0.2, 0) is 11.3 Å². The van der Waals surface area contributed by atoms with E-state index in [4.69, 9.17) is 9.97 Å². The largest absolute Gasteiger partial charge is 0.330 e. The van der Waals surface area contributed by atoms with Gasteiger partial charge in [0.25, 0.3) is 0 Å². The molecule has 2 aromatic heterocycles. The molecule has 0 fully saturated rings. The summed E-state index contributed by atoms with van der Waals surface area (Å²) in [6, 6.07) is 8.25. The van der Waals surface area contributed by atoms with Gasteiger partial charge in [-0.25, -0.2) is 9.97 Å². The summed E-state index contributed by atoms with van der Waals surface area (Å²) in [6.45, 7) is 19.5. The van der Waals surface area contributed by atoms with E-state index >= 15 is 0 Å². The zero-order valence-electron chi connectivity index (χ0n) is 56.3. The molecule has 0 atom stereocenters. The average molecular weight is 1160 g/mol. The molecule has 0 spiro atoms. The van der Waals surface area contributed by atoms with Gasteiger partial charge in [0.15, 0.2) is 5.82 Å². The molecule has 0 unspecified atom stereocenters. The highest BCUT2D eigenvalue weighted by atomic mass is 16.1. The Morgan fingerprint density at radius 3 is 1.15 bits per heavy atom. The van der Waals surface area contributed by atoms with E-state index in [2.05, 4.69) is 103 Å². The third kappa shape index (κ3) is 40.2. The molecule has 0 bridgehead atoms. The van der Waals surface area contributed by atoms with Gasteiger partial charge in [0, 0.05) is 18.4 Å². The van der Waals surface area contributed by atoms with Crippen molar-refractivity contribution in [1.29, 1.82) is 0 Å². The number of unbranched alkanes of at least 4 members (excludes halogenated alkanes) is 38. The van der Waals surface area contributed by atoms with Crippen molar-refractivity contribution in [2.75, 3.05) is 44.6 Å². The molecule has 3 rings (SSSR count). The molecular weight excluding hydrogens is 1020 g/mol. The van der Waals surface area contributed by atoms with Crippen LogP contribution in [0.4, 0.5) is 5.82 Å². The van der Waals surface area contributed by atoms with Gasteiger partial charge in [-0.3, -0.25) is 4.79 Å². The van der Waals surface area contributed by atoms with Gasteiger partial charge in [-0.1, -0.05) is 269 Å². The first-order valence-corrected chi connectivity index (χ1v) is 36.9. The second-order valence-corrected chi connectivity index (χ2v) is 26.2. The Bertz CT molecular complexity index is 1990. The Hall–Kier alpha value is -3.29. The Balaban J connectivity index is 1.47. The molecule has 0 radical (unpaired) electrons. The van der Waals surface area contributed by atoms with Gasteiger partial charge in [-0.2, -0.15) is 0 Å². The Morgan fingerprint density at radius 1 is 0.440 bits per heavy atom. The minimum atomic E-state index is 0.0437. The van der Waals surface area contributed by atoms with Crippen LogP contribution in [0.25, 0.3) is 21.9 Å². The molecule has 84 heavy (non-hydrogen) atoms. The number of amides is 1. The van der Waals surface area contributed by atoms with Crippen molar-refractivity contribution in [1.82, 2.24) is 24.3 Å². The number of anilines is 1. The molecule has 0 aliphatic rings. The van der Waals surface area contributed by atoms with Crippen molar-refractivity contribution < 1.29 is 4.79 Å². The molecule has 7 heteroatoms. The van der Waals surface area contributed by atoms with Gasteiger partial charge >= 0.3 is 0 Å². The maximum atomic E-state index is 13.5. The van der Waals surface area contributed by atoms with Crippen molar-refractivity contribution in [2.45, 2.75) is 343 Å². The van der Waals surface area contributed by atoms with E-state index in [1.807, 2.05) is 18.5 Å². The Kier molecular flexibility index (Phi) is 49.1. The zero-order chi connectivity index (χ0) is 59.9. The number of allylic oxidation sites excluding steroid dienone is 6. The van der Waals surface area contributed by atoms with E-state index in [1.165, 1.54) is 309 Å². The molecule has 7 nitrogen and oxygen atoms in total. The van der Waals surface area contributed by atoms with Gasteiger partial charge < -0.3 is 19.7 Å². The standard InChI is InChI=1S/C77H136N6O/c1-6-9-12-15-18-21-24-27-30-33-36-39-42-45-48-55-63-81(64-56-49-46-43-40-37-34-31-28-25-22-19-16-13-10-7-2)67-59-68-82(65-57-50-47-44-41-38-35-32-29-26-23-20-17-14-11-8-3)66-58-51-52-62-74(84)80-77-75-76(83(70-78-75)69-71(4)5)72-60-53-54-61-73(72)79-77/h27-32,53-54,60-61,70-71H,6-26,33-52,55-59,62-69H2,1-5H3,(H,79,80,84)/b30-27-,31-28-,32-29-. The number of nitrogens with zero attached hydrogens (tertiary/aromatic N) is 5. The van der Waals surface area contributed by atoms with Crippen LogP contribution >= 0.6 is 0 Å². The number of hydrogen-bond donors (Lipinski definition) is 1. The minimum Gasteiger partial charge on any atom is -0.330 e. The quantitative estimate of drug-likeness (QED) is 0.0451. The monoisotopic (exact) mass is 1160 g/mol. The van der Waals surface area contributed by atoms with Crippen molar-refractivity contribution in [3.63, 3.8) is 0 Å². The predicted molar refractivity (Wildman–Crippen MR) is 373 cm³/mol. The lowest BCUT2D eigenvalue weighted by Gasteiger charge is -2.26. The third-order valence-corrected chi connectivity index (χ3v) is 17.6. The van der Waals surface area contributed by atoms with Crippen LogP contribution in [-0.4, -0.2) is 69.5 Å². The highest BCUT2D eigenvalue weighted by Gasteiger charge is 2.17. The van der Waals surface area contributed by atoms with Crippen LogP contribution in [0.15, 0.2) is 67.0 Å². The summed E-state index contributed by atoms with van der Waals surface area (Å²) in [5, 5.41) is 4.28. The topological polar surface area (TPSA) is 66.3 Å². The zero-order valence-corrected chi connectivity index (χ0v) is 56.3. The number of imidazole rings is 1. The number of fused-ring (bicyclic) bond motifs is 3. The summed E-state index contributed by atoms with van der Waals surface area (Å²) in [5.74, 6) is 1.12. The predicted octanol–water partition coefficient (Wildman–Crippen LogP) is 23.8. The molecule has 1 aromatic carbocycles. The molecule has 2 heterocycles. The SMILES string of the molecule is CCCCCCCC/C=C\CCCCCCCCN(CCCCCCCC/C=C\CCCCCCCC)CCCN(CCCCCCCC/C=C\CCCCCCCC)CCCCCC(=O)Nc1nc2ccccc2c2c1ncn2CC(C)C. The maximum absolute atomic E-state index is 13.5. The molecular formula is C77H136N6O. The second kappa shape index (κ2) is 55.1. The summed E-state index contributed by atoms with van der Waals surface area (Å²) in [7, 11) is 0. The van der Waals surface area contributed by atoms with Crippen molar-refractivity contribution in [2.24, 2.45) is 5.92 Å². The number of pyridine rings is 1. The second-order valence-electron chi connectivity index (χ2n) is 26.2. The van der Waals surface area contributed by atoms with E-state index in [0.717, 1.165) is 54.3 Å². The van der Waals surface area contributed by atoms with Crippen LogP contribution in [0.3, 0.4) is 0 Å². The van der Waals surface area contributed by atoms with Crippen LogP contribution in [0.5, 0.6) is 0 Å². The van der Waals surface area contributed by atoms with Crippen LogP contribution < -0.4 is 5.32 Å². The van der Waals surface area contributed by atoms with Crippen LogP contribution in [0, 0.1) is 5.92 Å². The van der Waals surface area contributed by atoms with Gasteiger partial charge in [0.2, 0.25) is 5.91 Å². The number of carbonyl (C=O) groups excluding carboxylic acids is 1. The normalized spacial score (nSPS) is 12.3. The first kappa shape index (κ1) is 75.0. The lowest BCUT2D eigenvalue weighted by molar-refractivity contribution is -0.116. The van der Waals surface area contributed by atoms with Gasteiger partial charge in [0.1, 0.15) is 5.52 Å². The van der Waals surface area contributed by atoms with E-state index in [0.29, 0.717) is 18.2 Å². The highest BCUT2D eigenvalue weighted by Crippen LogP contribution is 2.29. The smallest absolute Gasteiger partial charge is 0.225 e. The summed E-state index contributed by atoms with van der Waals surface area (Å²) < 4.78 is 2.22. The fraction of sp³-hybridized carbons (Fsp3) is 0.779. The number of rotatable bonds is 61. The summed E-state index contributed by atoms with van der Waals surface area (Å²) in [4.78, 5) is 28.8. The molecule has 0 aliphatic carbocycles. The molecule has 1 amide bonds. The van der Waals surface area contributed by atoms with Crippen molar-refractivity contribution in [3.05, 3.63) is 67.0 Å². The van der Waals surface area contributed by atoms with Crippen molar-refractivity contribution >= 4 is 33.7 Å². The Morgan fingerprint density at radius 2 is 0.774 bits per heavy atom. The third-order valence-electron chi connectivity index (χ3n) is 17.6. The van der Waals surface area contributed by atoms with Gasteiger partial charge in [0.05, 0.1) is 17.4 Å². The van der Waals surface area contributed by atoms with Gasteiger partial charge in [-0.15, -0.1) is 0 Å². The van der Waals surface area contributed by atoms with Crippen molar-refractivity contribution in [3.8, 4) is 0 Å². The minimum absolute atomic E-state index is 0.0437. The molecule has 0 saturated heterocycles. The van der Waals surface area contributed by atoms with Crippen LogP contribution in [0.2, 0.25) is 0 Å². The number of benzene rings is 1. The molecule has 3 aromatic rings. The van der Waals surface area contributed by atoms with Gasteiger partial charge in [-0.05, 0) is 167 Å². The lowest BCUT2D eigenvalue weighted by atomic mass is 10.1. The number of para-hydroxylation sites is 1. The first-order valence-electron chi connectivity index (χ1n) is 36.9. The summed E-state index contributed by atoms with van der Waals surface area (Å²) >= 11 is 0. The fourth-order valence-electron chi connectivity index (χ4n) is 12.3. The number of carbonyl (C=O) groups is 1.